The third-order valence-electron chi connectivity index (χ3n) is 2.85. The molecule has 0 radical (unpaired) electrons. The van der Waals surface area contributed by atoms with Crippen LogP contribution in [0.4, 0.5) is 4.79 Å². The minimum Gasteiger partial charge on any atom is -0.350 e. The van der Waals surface area contributed by atoms with Gasteiger partial charge in [-0.3, -0.25) is 14.9 Å². The molecule has 4 amide bonds. The second-order valence-corrected chi connectivity index (χ2v) is 4.21. The number of hydrogen-bond acceptors (Lipinski definition) is 3. The van der Waals surface area contributed by atoms with E-state index in [9.17, 15) is 14.4 Å². The lowest BCUT2D eigenvalue weighted by molar-refractivity contribution is -0.121. The van der Waals surface area contributed by atoms with Gasteiger partial charge in [-0.2, -0.15) is 0 Å². The van der Waals surface area contributed by atoms with Crippen molar-refractivity contribution in [3.8, 4) is 0 Å². The summed E-state index contributed by atoms with van der Waals surface area (Å²) in [6, 6.07) is 8.47. The van der Waals surface area contributed by atoms with E-state index >= 15 is 0 Å². The Morgan fingerprint density at radius 3 is 2.12 bits per heavy atom. The van der Waals surface area contributed by atoms with E-state index < -0.39 is 6.03 Å². The van der Waals surface area contributed by atoms with Crippen molar-refractivity contribution in [2.24, 2.45) is 0 Å². The Morgan fingerprint density at radius 2 is 1.60 bits per heavy atom. The summed E-state index contributed by atoms with van der Waals surface area (Å²) in [5.41, 5.74) is 0.584. The number of amides is 4. The minimum atomic E-state index is -0.398. The summed E-state index contributed by atoms with van der Waals surface area (Å²) < 4.78 is 0. The lowest BCUT2D eigenvalue weighted by atomic mass is 10.2. The van der Waals surface area contributed by atoms with Gasteiger partial charge in [-0.05, 0) is 12.1 Å². The Bertz CT molecular complexity index is 490. The number of rotatable bonds is 4. The van der Waals surface area contributed by atoms with Gasteiger partial charge < -0.3 is 10.2 Å². The summed E-state index contributed by atoms with van der Waals surface area (Å²) in [5, 5.41) is 4.97. The maximum atomic E-state index is 11.7. The third-order valence-corrected chi connectivity index (χ3v) is 2.85. The average Bonchev–Trinajstić information content (AvgIpc) is 2.69. The minimum absolute atomic E-state index is 0.172. The van der Waals surface area contributed by atoms with Crippen molar-refractivity contribution < 1.29 is 14.4 Å². The van der Waals surface area contributed by atoms with Crippen molar-refractivity contribution in [3.63, 3.8) is 0 Å². The van der Waals surface area contributed by atoms with Crippen LogP contribution in [0.5, 0.6) is 0 Å². The molecule has 1 aliphatic heterocycles. The first-order valence-corrected chi connectivity index (χ1v) is 9.09. The molecule has 0 bridgehead atoms. The molecule has 25 heavy (non-hydrogen) atoms. The van der Waals surface area contributed by atoms with Crippen LogP contribution in [0.15, 0.2) is 30.3 Å². The fourth-order valence-corrected chi connectivity index (χ4v) is 1.81. The predicted molar refractivity (Wildman–Crippen MR) is 103 cm³/mol. The zero-order valence-electron chi connectivity index (χ0n) is 16.4. The predicted octanol–water partition coefficient (Wildman–Crippen LogP) is 3.44. The lowest BCUT2D eigenvalue weighted by Gasteiger charge is -2.26. The molecule has 1 aromatic rings. The Morgan fingerprint density at radius 1 is 1.04 bits per heavy atom. The average molecular weight is 351 g/mol. The number of urea groups is 1. The molecule has 0 saturated carbocycles. The van der Waals surface area contributed by atoms with Crippen LogP contribution < -0.4 is 10.6 Å². The Kier molecular flexibility index (Phi) is 16.4. The zero-order chi connectivity index (χ0) is 19.7. The molecule has 1 saturated heterocycles. The largest absolute Gasteiger partial charge is 0.350 e. The zero-order valence-corrected chi connectivity index (χ0v) is 16.4. The SMILES string of the molecule is CC.CC.CC.O=C1CCN(CCNC(=O)c2ccccc2)C(=O)N1. The number of carbonyl (C=O) groups is 3. The molecular weight excluding hydrogens is 318 g/mol. The quantitative estimate of drug-likeness (QED) is 0.872. The number of imide groups is 1. The normalized spacial score (nSPS) is 12.2. The molecule has 6 nitrogen and oxygen atoms in total. The van der Waals surface area contributed by atoms with Gasteiger partial charge in [0.2, 0.25) is 5.91 Å². The van der Waals surface area contributed by atoms with Crippen molar-refractivity contribution >= 4 is 17.8 Å². The Labute approximate surface area is 152 Å². The molecule has 0 aromatic heterocycles. The van der Waals surface area contributed by atoms with E-state index in [1.165, 1.54) is 4.90 Å². The van der Waals surface area contributed by atoms with Gasteiger partial charge in [0.25, 0.3) is 5.91 Å². The molecule has 1 heterocycles. The summed E-state index contributed by atoms with van der Waals surface area (Å²) >= 11 is 0. The van der Waals surface area contributed by atoms with Crippen LogP contribution in [-0.2, 0) is 4.79 Å². The van der Waals surface area contributed by atoms with Crippen LogP contribution in [0.25, 0.3) is 0 Å². The first-order valence-electron chi connectivity index (χ1n) is 9.09. The highest BCUT2D eigenvalue weighted by molar-refractivity contribution is 5.96. The first kappa shape index (κ1) is 24.9. The van der Waals surface area contributed by atoms with E-state index in [1.54, 1.807) is 24.3 Å². The molecule has 0 aliphatic carbocycles. The van der Waals surface area contributed by atoms with Crippen LogP contribution in [0.3, 0.4) is 0 Å². The molecule has 2 rings (SSSR count). The summed E-state index contributed by atoms with van der Waals surface area (Å²) in [4.78, 5) is 35.6. The van der Waals surface area contributed by atoms with Crippen molar-refractivity contribution in [2.75, 3.05) is 19.6 Å². The number of carbonyl (C=O) groups excluding carboxylic acids is 3. The van der Waals surface area contributed by atoms with E-state index in [1.807, 2.05) is 47.6 Å². The van der Waals surface area contributed by atoms with Crippen LogP contribution in [0.1, 0.15) is 58.3 Å². The van der Waals surface area contributed by atoms with Crippen molar-refractivity contribution in [1.29, 1.82) is 0 Å². The molecule has 2 N–H and O–H groups in total. The lowest BCUT2D eigenvalue weighted by Crippen LogP contribution is -2.51. The molecule has 0 unspecified atom stereocenters. The first-order chi connectivity index (χ1) is 12.2. The van der Waals surface area contributed by atoms with Gasteiger partial charge in [-0.25, -0.2) is 4.79 Å². The fourth-order valence-electron chi connectivity index (χ4n) is 1.81. The topological polar surface area (TPSA) is 78.5 Å². The standard InChI is InChI=1S/C13H15N3O3.3C2H6/c17-11-6-8-16(13(19)15-11)9-7-14-12(18)10-4-2-1-3-5-10;3*1-2/h1-5H,6-9H2,(H,14,18)(H,15,17,19);3*1-2H3. The smallest absolute Gasteiger partial charge is 0.324 e. The van der Waals surface area contributed by atoms with Gasteiger partial charge in [0.05, 0.1) is 0 Å². The van der Waals surface area contributed by atoms with E-state index in [2.05, 4.69) is 10.6 Å². The highest BCUT2D eigenvalue weighted by Crippen LogP contribution is 2.00. The molecule has 6 heteroatoms. The van der Waals surface area contributed by atoms with Gasteiger partial charge in [-0.1, -0.05) is 59.7 Å². The molecule has 0 atom stereocenters. The van der Waals surface area contributed by atoms with E-state index in [0.717, 1.165) is 0 Å². The molecular formula is C19H33N3O3. The fraction of sp³-hybridized carbons (Fsp3) is 0.526. The number of hydrogen-bond donors (Lipinski definition) is 2. The monoisotopic (exact) mass is 351 g/mol. The van der Waals surface area contributed by atoms with Crippen LogP contribution >= 0.6 is 0 Å². The summed E-state index contributed by atoms with van der Waals surface area (Å²) in [5.74, 6) is -0.427. The second kappa shape index (κ2) is 16.5. The maximum Gasteiger partial charge on any atom is 0.324 e. The number of nitrogens with zero attached hydrogens (tertiary/aromatic N) is 1. The molecule has 1 aliphatic rings. The van der Waals surface area contributed by atoms with Crippen molar-refractivity contribution in [2.45, 2.75) is 48.0 Å². The maximum absolute atomic E-state index is 11.7. The van der Waals surface area contributed by atoms with Gasteiger partial charge in [0.1, 0.15) is 0 Å². The van der Waals surface area contributed by atoms with E-state index in [4.69, 9.17) is 0 Å². The number of benzene rings is 1. The molecule has 1 aromatic carbocycles. The summed E-state index contributed by atoms with van der Waals surface area (Å²) in [7, 11) is 0. The van der Waals surface area contributed by atoms with Gasteiger partial charge in [-0.15, -0.1) is 0 Å². The van der Waals surface area contributed by atoms with Crippen molar-refractivity contribution in [3.05, 3.63) is 35.9 Å². The van der Waals surface area contributed by atoms with Gasteiger partial charge in [0.15, 0.2) is 0 Å². The van der Waals surface area contributed by atoms with Gasteiger partial charge >= 0.3 is 6.03 Å². The molecule has 1 fully saturated rings. The number of nitrogens with one attached hydrogen (secondary N) is 2. The molecule has 0 spiro atoms. The van der Waals surface area contributed by atoms with E-state index in [-0.39, 0.29) is 11.8 Å². The highest BCUT2D eigenvalue weighted by Gasteiger charge is 2.22. The van der Waals surface area contributed by atoms with Gasteiger partial charge in [0, 0.05) is 31.6 Å². The summed E-state index contributed by atoms with van der Waals surface area (Å²) in [6.07, 6.45) is 0.304. The van der Waals surface area contributed by atoms with E-state index in [0.29, 0.717) is 31.6 Å². The summed E-state index contributed by atoms with van der Waals surface area (Å²) in [6.45, 7) is 13.1. The van der Waals surface area contributed by atoms with Crippen LogP contribution in [0.2, 0.25) is 0 Å². The Balaban J connectivity index is 0. The van der Waals surface area contributed by atoms with Crippen molar-refractivity contribution in [1.82, 2.24) is 15.5 Å². The third kappa shape index (κ3) is 10.2. The highest BCUT2D eigenvalue weighted by atomic mass is 16.2. The molecule has 142 valence electrons. The second-order valence-electron chi connectivity index (χ2n) is 4.21. The van der Waals surface area contributed by atoms with Crippen LogP contribution in [-0.4, -0.2) is 42.4 Å². The Hall–Kier alpha value is -2.37. The van der Waals surface area contributed by atoms with Crippen LogP contribution in [0, 0.1) is 0 Å².